The van der Waals surface area contributed by atoms with Crippen LogP contribution >= 0.6 is 0 Å². The van der Waals surface area contributed by atoms with Gasteiger partial charge in [0, 0.05) is 13.1 Å². The van der Waals surface area contributed by atoms with Crippen molar-refractivity contribution in [3.8, 4) is 0 Å². The first kappa shape index (κ1) is 18.1. The minimum absolute atomic E-state index is 0.163. The van der Waals surface area contributed by atoms with Gasteiger partial charge in [-0.2, -0.15) is 0 Å². The number of benzene rings is 2. The van der Waals surface area contributed by atoms with E-state index in [1.807, 2.05) is 35.2 Å². The highest BCUT2D eigenvalue weighted by Gasteiger charge is 2.38. The van der Waals surface area contributed by atoms with Crippen molar-refractivity contribution >= 4 is 6.09 Å². The van der Waals surface area contributed by atoms with E-state index in [0.717, 1.165) is 49.2 Å². The molecule has 1 saturated heterocycles. The first-order chi connectivity index (χ1) is 13.3. The maximum Gasteiger partial charge on any atom is 0.410 e. The lowest BCUT2D eigenvalue weighted by Gasteiger charge is -2.31. The summed E-state index contributed by atoms with van der Waals surface area (Å²) in [6.07, 6.45) is 6.06. The van der Waals surface area contributed by atoms with Crippen LogP contribution in [0.2, 0.25) is 0 Å². The number of amides is 1. The highest BCUT2D eigenvalue weighted by molar-refractivity contribution is 5.67. The van der Waals surface area contributed by atoms with Gasteiger partial charge < -0.3 is 9.64 Å². The van der Waals surface area contributed by atoms with Gasteiger partial charge in [-0.15, -0.1) is 0 Å². The first-order valence-corrected chi connectivity index (χ1v) is 10.3. The second kappa shape index (κ2) is 8.60. The summed E-state index contributed by atoms with van der Waals surface area (Å²) in [5.41, 5.74) is 2.55. The molecule has 3 nitrogen and oxygen atoms in total. The third-order valence-electron chi connectivity index (χ3n) is 6.17. The Morgan fingerprint density at radius 1 is 0.926 bits per heavy atom. The second-order valence-corrected chi connectivity index (χ2v) is 8.06. The fourth-order valence-electron chi connectivity index (χ4n) is 4.34. The van der Waals surface area contributed by atoms with Crippen LogP contribution < -0.4 is 0 Å². The molecule has 2 fully saturated rings. The largest absolute Gasteiger partial charge is 0.445 e. The highest BCUT2D eigenvalue weighted by Crippen LogP contribution is 2.50. The Labute approximate surface area is 162 Å². The molecule has 1 aliphatic carbocycles. The third-order valence-corrected chi connectivity index (χ3v) is 6.17. The van der Waals surface area contributed by atoms with Crippen molar-refractivity contribution in [3.63, 3.8) is 0 Å². The Balaban J connectivity index is 1.14. The van der Waals surface area contributed by atoms with Crippen molar-refractivity contribution in [1.82, 2.24) is 4.90 Å². The fourth-order valence-corrected chi connectivity index (χ4v) is 4.34. The van der Waals surface area contributed by atoms with Crippen LogP contribution in [-0.4, -0.2) is 24.1 Å². The second-order valence-electron chi connectivity index (χ2n) is 8.06. The van der Waals surface area contributed by atoms with Gasteiger partial charge in [0.1, 0.15) is 6.61 Å². The number of carbonyl (C=O) groups excluding carboxylic acids is 1. The summed E-state index contributed by atoms with van der Waals surface area (Å²) in [5.74, 6) is 2.43. The van der Waals surface area contributed by atoms with E-state index >= 15 is 0 Å². The SMILES string of the molecule is O=C(OCc1ccccc1)N1CCC(CC[C@H]2CC2c2ccccc2)CC1. The number of ether oxygens (including phenoxy) is 1. The van der Waals surface area contributed by atoms with E-state index in [2.05, 4.69) is 30.3 Å². The molecule has 0 N–H and O–H groups in total. The quantitative estimate of drug-likeness (QED) is 0.667. The minimum atomic E-state index is -0.163. The Morgan fingerprint density at radius 3 is 2.30 bits per heavy atom. The zero-order valence-corrected chi connectivity index (χ0v) is 15.9. The number of carbonyl (C=O) groups is 1. The summed E-state index contributed by atoms with van der Waals surface area (Å²) >= 11 is 0. The van der Waals surface area contributed by atoms with Gasteiger partial charge >= 0.3 is 6.09 Å². The lowest BCUT2D eigenvalue weighted by Crippen LogP contribution is -2.38. The average molecular weight is 364 g/mol. The van der Waals surface area contributed by atoms with Gasteiger partial charge in [0.15, 0.2) is 0 Å². The number of nitrogens with zero attached hydrogens (tertiary/aromatic N) is 1. The van der Waals surface area contributed by atoms with Crippen LogP contribution in [0, 0.1) is 11.8 Å². The van der Waals surface area contributed by atoms with Crippen LogP contribution in [0.5, 0.6) is 0 Å². The first-order valence-electron chi connectivity index (χ1n) is 10.3. The van der Waals surface area contributed by atoms with Gasteiger partial charge in [0.25, 0.3) is 0 Å². The summed E-state index contributed by atoms with van der Waals surface area (Å²) in [4.78, 5) is 14.1. The van der Waals surface area contributed by atoms with Crippen LogP contribution in [0.3, 0.4) is 0 Å². The fraction of sp³-hybridized carbons (Fsp3) is 0.458. The predicted molar refractivity (Wildman–Crippen MR) is 107 cm³/mol. The molecule has 2 aliphatic rings. The highest BCUT2D eigenvalue weighted by atomic mass is 16.6. The number of likely N-dealkylation sites (tertiary alicyclic amines) is 1. The van der Waals surface area contributed by atoms with E-state index in [1.165, 1.54) is 24.8 Å². The monoisotopic (exact) mass is 363 g/mol. The van der Waals surface area contributed by atoms with E-state index < -0.39 is 0 Å². The molecule has 1 unspecified atom stereocenters. The molecular weight excluding hydrogens is 334 g/mol. The lowest BCUT2D eigenvalue weighted by molar-refractivity contribution is 0.0812. The third kappa shape index (κ3) is 4.91. The summed E-state index contributed by atoms with van der Waals surface area (Å²) in [6, 6.07) is 20.8. The topological polar surface area (TPSA) is 29.5 Å². The maximum absolute atomic E-state index is 12.3. The molecular formula is C24H29NO2. The Kier molecular flexibility index (Phi) is 5.76. The molecule has 2 aromatic rings. The van der Waals surface area contributed by atoms with Crippen molar-refractivity contribution in [2.24, 2.45) is 11.8 Å². The van der Waals surface area contributed by atoms with Crippen molar-refractivity contribution in [2.45, 2.75) is 44.6 Å². The molecule has 1 aliphatic heterocycles. The summed E-state index contributed by atoms with van der Waals surface area (Å²) < 4.78 is 5.46. The van der Waals surface area contributed by atoms with Crippen LogP contribution in [-0.2, 0) is 11.3 Å². The van der Waals surface area contributed by atoms with Crippen molar-refractivity contribution in [1.29, 1.82) is 0 Å². The van der Waals surface area contributed by atoms with E-state index in [9.17, 15) is 4.79 Å². The summed E-state index contributed by atoms with van der Waals surface area (Å²) in [7, 11) is 0. The molecule has 1 heterocycles. The standard InChI is InChI=1S/C24H29NO2/c26-24(27-18-20-7-3-1-4-8-20)25-15-13-19(14-16-25)11-12-22-17-23(22)21-9-5-2-6-10-21/h1-10,19,22-23H,11-18H2/t22-,23?/m0/s1. The number of hydrogen-bond donors (Lipinski definition) is 0. The lowest BCUT2D eigenvalue weighted by atomic mass is 9.91. The minimum Gasteiger partial charge on any atom is -0.445 e. The zero-order valence-electron chi connectivity index (χ0n) is 15.9. The number of rotatable bonds is 6. The van der Waals surface area contributed by atoms with Gasteiger partial charge in [0.05, 0.1) is 0 Å². The molecule has 142 valence electrons. The molecule has 1 saturated carbocycles. The summed E-state index contributed by atoms with van der Waals surface area (Å²) in [6.45, 7) is 2.04. The van der Waals surface area contributed by atoms with Crippen molar-refractivity contribution in [2.75, 3.05) is 13.1 Å². The predicted octanol–water partition coefficient (Wildman–Crippen LogP) is 5.62. The van der Waals surface area contributed by atoms with E-state index in [1.54, 1.807) is 0 Å². The van der Waals surface area contributed by atoms with Crippen molar-refractivity contribution in [3.05, 3.63) is 71.8 Å². The van der Waals surface area contributed by atoms with E-state index in [0.29, 0.717) is 6.61 Å². The molecule has 0 bridgehead atoms. The molecule has 0 spiro atoms. The van der Waals surface area contributed by atoms with Crippen LogP contribution in [0.15, 0.2) is 60.7 Å². The van der Waals surface area contributed by atoms with E-state index in [-0.39, 0.29) is 6.09 Å². The average Bonchev–Trinajstić information content (AvgIpc) is 3.52. The van der Waals surface area contributed by atoms with Gasteiger partial charge in [-0.3, -0.25) is 0 Å². The molecule has 27 heavy (non-hydrogen) atoms. The Hall–Kier alpha value is -2.29. The normalized spacial score (nSPS) is 22.4. The number of piperidine rings is 1. The molecule has 3 heteroatoms. The molecule has 0 radical (unpaired) electrons. The van der Waals surface area contributed by atoms with Gasteiger partial charge in [-0.05, 0) is 54.6 Å². The van der Waals surface area contributed by atoms with E-state index in [4.69, 9.17) is 4.74 Å². The van der Waals surface area contributed by atoms with Gasteiger partial charge in [-0.1, -0.05) is 67.1 Å². The molecule has 0 aromatic heterocycles. The Bertz CT molecular complexity index is 723. The van der Waals surface area contributed by atoms with Crippen molar-refractivity contribution < 1.29 is 9.53 Å². The molecule has 2 atom stereocenters. The number of hydrogen-bond acceptors (Lipinski definition) is 2. The summed E-state index contributed by atoms with van der Waals surface area (Å²) in [5, 5.41) is 0. The molecule has 2 aromatic carbocycles. The zero-order chi connectivity index (χ0) is 18.5. The van der Waals surface area contributed by atoms with Crippen LogP contribution in [0.4, 0.5) is 4.79 Å². The maximum atomic E-state index is 12.3. The Morgan fingerprint density at radius 2 is 1.59 bits per heavy atom. The van der Waals surface area contributed by atoms with Gasteiger partial charge in [0.2, 0.25) is 0 Å². The molecule has 1 amide bonds. The smallest absolute Gasteiger partial charge is 0.410 e. The van der Waals surface area contributed by atoms with Crippen LogP contribution in [0.25, 0.3) is 0 Å². The molecule has 4 rings (SSSR count). The van der Waals surface area contributed by atoms with Crippen LogP contribution in [0.1, 0.15) is 49.1 Å². The van der Waals surface area contributed by atoms with Gasteiger partial charge in [-0.25, -0.2) is 4.79 Å².